The lowest BCUT2D eigenvalue weighted by molar-refractivity contribution is 0.188. The van der Waals surface area contributed by atoms with Gasteiger partial charge in [-0.15, -0.1) is 0 Å². The average molecular weight is 234 g/mol. The molecule has 0 aromatic heterocycles. The molecule has 0 aliphatic carbocycles. The monoisotopic (exact) mass is 234 g/mol. The number of benzene rings is 1. The first-order chi connectivity index (χ1) is 7.84. The van der Waals surface area contributed by atoms with Gasteiger partial charge in [0.15, 0.2) is 0 Å². The molecule has 2 heterocycles. The van der Waals surface area contributed by atoms with Gasteiger partial charge in [0.1, 0.15) is 0 Å². The van der Waals surface area contributed by atoms with E-state index >= 15 is 0 Å². The Balaban J connectivity index is 1.77. The summed E-state index contributed by atoms with van der Waals surface area (Å²) in [4.78, 5) is 2.61. The van der Waals surface area contributed by atoms with E-state index in [0.29, 0.717) is 0 Å². The highest BCUT2D eigenvalue weighted by Crippen LogP contribution is 2.32. The third-order valence-electron chi connectivity index (χ3n) is 3.75. The van der Waals surface area contributed by atoms with Gasteiger partial charge >= 0.3 is 0 Å². The molecule has 3 heteroatoms. The third kappa shape index (κ3) is 1.82. The second kappa shape index (κ2) is 4.30. The van der Waals surface area contributed by atoms with Crippen molar-refractivity contribution in [2.75, 3.05) is 17.2 Å². The number of hydrogen-bond acceptors (Lipinski definition) is 3. The number of nitrogen functional groups attached to an aromatic ring is 1. The van der Waals surface area contributed by atoms with E-state index in [4.69, 9.17) is 5.73 Å². The molecule has 2 aliphatic heterocycles. The molecule has 2 N–H and O–H groups in total. The van der Waals surface area contributed by atoms with Gasteiger partial charge in [0, 0.05) is 24.8 Å². The summed E-state index contributed by atoms with van der Waals surface area (Å²) < 4.78 is 0. The molecular weight excluding hydrogens is 216 g/mol. The van der Waals surface area contributed by atoms with E-state index in [0.717, 1.165) is 24.8 Å². The first kappa shape index (κ1) is 10.5. The first-order valence-electron chi connectivity index (χ1n) is 6.02. The van der Waals surface area contributed by atoms with Crippen LogP contribution in [0, 0.1) is 0 Å². The summed E-state index contributed by atoms with van der Waals surface area (Å²) in [6.45, 7) is 2.17. The fourth-order valence-corrected chi connectivity index (χ4v) is 3.86. The molecule has 0 saturated carbocycles. The molecule has 86 valence electrons. The van der Waals surface area contributed by atoms with Crippen molar-refractivity contribution in [2.45, 2.75) is 32.0 Å². The number of hydrogen-bond donors (Lipinski definition) is 1. The Morgan fingerprint density at radius 2 is 2.00 bits per heavy atom. The SMILES string of the molecule is Nc1cccc2c1CN(C1CCSCC1)C2. The molecule has 0 radical (unpaired) electrons. The zero-order chi connectivity index (χ0) is 11.0. The number of anilines is 1. The number of fused-ring (bicyclic) bond motifs is 1. The summed E-state index contributed by atoms with van der Waals surface area (Å²) in [7, 11) is 0. The van der Waals surface area contributed by atoms with E-state index < -0.39 is 0 Å². The van der Waals surface area contributed by atoms with Crippen LogP contribution in [-0.4, -0.2) is 22.4 Å². The van der Waals surface area contributed by atoms with Crippen LogP contribution >= 0.6 is 11.8 Å². The third-order valence-corrected chi connectivity index (χ3v) is 4.80. The van der Waals surface area contributed by atoms with Gasteiger partial charge in [-0.3, -0.25) is 4.90 Å². The molecule has 3 rings (SSSR count). The van der Waals surface area contributed by atoms with Crippen molar-refractivity contribution in [3.05, 3.63) is 29.3 Å². The molecule has 0 spiro atoms. The van der Waals surface area contributed by atoms with E-state index in [1.54, 1.807) is 0 Å². The quantitative estimate of drug-likeness (QED) is 0.757. The van der Waals surface area contributed by atoms with E-state index in [9.17, 15) is 0 Å². The van der Waals surface area contributed by atoms with Crippen molar-refractivity contribution in [1.82, 2.24) is 4.90 Å². The summed E-state index contributed by atoms with van der Waals surface area (Å²) in [6.07, 6.45) is 2.69. The van der Waals surface area contributed by atoms with Gasteiger partial charge in [-0.2, -0.15) is 11.8 Å². The van der Waals surface area contributed by atoms with Gasteiger partial charge in [-0.05, 0) is 41.5 Å². The van der Waals surface area contributed by atoms with Crippen LogP contribution in [0.25, 0.3) is 0 Å². The molecule has 1 aromatic rings. The van der Waals surface area contributed by atoms with Crippen LogP contribution in [0.5, 0.6) is 0 Å². The van der Waals surface area contributed by atoms with Crippen molar-refractivity contribution in [3.8, 4) is 0 Å². The van der Waals surface area contributed by atoms with Crippen LogP contribution in [0.4, 0.5) is 5.69 Å². The summed E-state index contributed by atoms with van der Waals surface area (Å²) in [5.74, 6) is 2.65. The van der Waals surface area contributed by atoms with Gasteiger partial charge in [0.2, 0.25) is 0 Å². The second-order valence-corrected chi connectivity index (χ2v) is 5.96. The maximum absolute atomic E-state index is 6.03. The Morgan fingerprint density at radius 1 is 1.19 bits per heavy atom. The molecule has 0 unspecified atom stereocenters. The van der Waals surface area contributed by atoms with E-state index in [1.165, 1.54) is 35.5 Å². The predicted molar refractivity (Wildman–Crippen MR) is 70.4 cm³/mol. The van der Waals surface area contributed by atoms with Crippen molar-refractivity contribution < 1.29 is 0 Å². The molecule has 0 bridgehead atoms. The van der Waals surface area contributed by atoms with Crippen LogP contribution in [0.2, 0.25) is 0 Å². The molecule has 2 aliphatic rings. The topological polar surface area (TPSA) is 29.3 Å². The molecule has 1 aromatic carbocycles. The molecule has 16 heavy (non-hydrogen) atoms. The lowest BCUT2D eigenvalue weighted by Crippen LogP contribution is -2.33. The Bertz CT molecular complexity index is 386. The van der Waals surface area contributed by atoms with Crippen molar-refractivity contribution in [2.24, 2.45) is 0 Å². The Labute approximate surface area is 101 Å². The first-order valence-corrected chi connectivity index (χ1v) is 7.18. The minimum atomic E-state index is 0.785. The Morgan fingerprint density at radius 3 is 2.75 bits per heavy atom. The molecule has 1 fully saturated rings. The average Bonchev–Trinajstić information content (AvgIpc) is 2.76. The lowest BCUT2D eigenvalue weighted by Gasteiger charge is -2.30. The van der Waals surface area contributed by atoms with E-state index in [1.807, 2.05) is 6.07 Å². The van der Waals surface area contributed by atoms with Crippen molar-refractivity contribution in [3.63, 3.8) is 0 Å². The summed E-state index contributed by atoms with van der Waals surface area (Å²) in [6, 6.07) is 7.12. The van der Waals surface area contributed by atoms with Crippen LogP contribution in [0.1, 0.15) is 24.0 Å². The smallest absolute Gasteiger partial charge is 0.0363 e. The van der Waals surface area contributed by atoms with Crippen LogP contribution in [0.3, 0.4) is 0 Å². The zero-order valence-corrected chi connectivity index (χ0v) is 10.3. The Hall–Kier alpha value is -0.670. The standard InChI is InChI=1S/C13H18N2S/c14-13-3-1-2-10-8-15(9-12(10)13)11-4-6-16-7-5-11/h1-3,11H,4-9,14H2. The normalized spacial score (nSPS) is 22.2. The predicted octanol–water partition coefficient (Wildman–Crippen LogP) is 2.48. The highest BCUT2D eigenvalue weighted by molar-refractivity contribution is 7.99. The number of nitrogens with two attached hydrogens (primary N) is 1. The maximum atomic E-state index is 6.03. The molecule has 1 saturated heterocycles. The highest BCUT2D eigenvalue weighted by Gasteiger charge is 2.27. The highest BCUT2D eigenvalue weighted by atomic mass is 32.2. The van der Waals surface area contributed by atoms with Crippen LogP contribution in [0.15, 0.2) is 18.2 Å². The fourth-order valence-electron chi connectivity index (χ4n) is 2.78. The van der Waals surface area contributed by atoms with Gasteiger partial charge in [-0.1, -0.05) is 12.1 Å². The zero-order valence-electron chi connectivity index (χ0n) is 9.48. The van der Waals surface area contributed by atoms with Gasteiger partial charge < -0.3 is 5.73 Å². The molecule has 2 nitrogen and oxygen atoms in total. The van der Waals surface area contributed by atoms with E-state index in [2.05, 4.69) is 28.8 Å². The van der Waals surface area contributed by atoms with E-state index in [-0.39, 0.29) is 0 Å². The molecular formula is C13H18N2S. The number of thioether (sulfide) groups is 1. The maximum Gasteiger partial charge on any atom is 0.0363 e. The summed E-state index contributed by atoms with van der Waals surface area (Å²) >= 11 is 2.09. The van der Waals surface area contributed by atoms with Gasteiger partial charge in [-0.25, -0.2) is 0 Å². The van der Waals surface area contributed by atoms with Gasteiger partial charge in [0.05, 0.1) is 0 Å². The number of nitrogens with zero attached hydrogens (tertiary/aromatic N) is 1. The molecule has 0 atom stereocenters. The lowest BCUT2D eigenvalue weighted by atomic mass is 10.1. The van der Waals surface area contributed by atoms with Crippen LogP contribution in [-0.2, 0) is 13.1 Å². The summed E-state index contributed by atoms with van der Waals surface area (Å²) in [5.41, 5.74) is 9.83. The molecule has 0 amide bonds. The minimum Gasteiger partial charge on any atom is -0.398 e. The Kier molecular flexibility index (Phi) is 2.82. The van der Waals surface area contributed by atoms with Gasteiger partial charge in [0.25, 0.3) is 0 Å². The van der Waals surface area contributed by atoms with Crippen molar-refractivity contribution in [1.29, 1.82) is 0 Å². The largest absolute Gasteiger partial charge is 0.398 e. The van der Waals surface area contributed by atoms with Crippen LogP contribution < -0.4 is 5.73 Å². The van der Waals surface area contributed by atoms with Crippen molar-refractivity contribution >= 4 is 17.4 Å². The minimum absolute atomic E-state index is 0.785. The second-order valence-electron chi connectivity index (χ2n) is 4.73. The fraction of sp³-hybridized carbons (Fsp3) is 0.538. The number of rotatable bonds is 1. The summed E-state index contributed by atoms with van der Waals surface area (Å²) in [5, 5.41) is 0.